The molecule has 1 N–H and O–H groups in total. The number of benzene rings is 1. The van der Waals surface area contributed by atoms with Crippen LogP contribution in [0.1, 0.15) is 88.7 Å². The van der Waals surface area contributed by atoms with Gasteiger partial charge in [-0.3, -0.25) is 0 Å². The van der Waals surface area contributed by atoms with Crippen LogP contribution in [0.2, 0.25) is 0 Å². The summed E-state index contributed by atoms with van der Waals surface area (Å²) in [7, 11) is 1.69. The minimum Gasteiger partial charge on any atom is -0.496 e. The highest BCUT2D eigenvalue weighted by Crippen LogP contribution is 2.42. The van der Waals surface area contributed by atoms with Gasteiger partial charge in [0.15, 0.2) is 0 Å². The van der Waals surface area contributed by atoms with E-state index in [0.29, 0.717) is 5.56 Å². The number of unbranched alkanes of at least 4 members (excludes halogenated alkanes) is 2. The summed E-state index contributed by atoms with van der Waals surface area (Å²) in [6, 6.07) is 3.77. The van der Waals surface area contributed by atoms with Crippen LogP contribution in [0.25, 0.3) is 0 Å². The quantitative estimate of drug-likeness (QED) is 0.495. The first-order chi connectivity index (χ1) is 12.1. The monoisotopic (exact) mass is 364 g/mol. The molecule has 1 aromatic carbocycles. The van der Waals surface area contributed by atoms with Gasteiger partial charge in [-0.15, -0.1) is 0 Å². The van der Waals surface area contributed by atoms with Gasteiger partial charge in [-0.05, 0) is 29.4 Å². The Hall–Kier alpha value is -1.55. The van der Waals surface area contributed by atoms with E-state index in [0.717, 1.165) is 29.7 Å². The van der Waals surface area contributed by atoms with Crippen molar-refractivity contribution in [3.8, 4) is 5.75 Å². The second kappa shape index (κ2) is 9.40. The lowest BCUT2D eigenvalue weighted by molar-refractivity contribution is 0.0433. The minimum absolute atomic E-state index is 0.00490. The van der Waals surface area contributed by atoms with Crippen LogP contribution in [-0.2, 0) is 15.6 Å². The Labute approximate surface area is 158 Å². The van der Waals surface area contributed by atoms with Gasteiger partial charge in [0, 0.05) is 11.1 Å². The predicted molar refractivity (Wildman–Crippen MR) is 106 cm³/mol. The van der Waals surface area contributed by atoms with Crippen LogP contribution in [-0.4, -0.2) is 31.4 Å². The highest BCUT2D eigenvalue weighted by atomic mass is 16.5. The number of aliphatic hydroxyl groups is 1. The average molecular weight is 365 g/mol. The Morgan fingerprint density at radius 2 is 1.69 bits per heavy atom. The average Bonchev–Trinajstić information content (AvgIpc) is 2.57. The third-order valence-corrected chi connectivity index (χ3v) is 4.80. The molecule has 0 radical (unpaired) electrons. The highest BCUT2D eigenvalue weighted by molar-refractivity contribution is 5.90. The Morgan fingerprint density at radius 1 is 1.08 bits per heavy atom. The van der Waals surface area contributed by atoms with E-state index in [1.54, 1.807) is 7.11 Å². The lowest BCUT2D eigenvalue weighted by Crippen LogP contribution is -2.23. The Bertz CT molecular complexity index is 597. The molecular weight excluding hydrogens is 328 g/mol. The van der Waals surface area contributed by atoms with Crippen molar-refractivity contribution >= 4 is 5.97 Å². The summed E-state index contributed by atoms with van der Waals surface area (Å²) in [5.74, 6) is 0.454. The van der Waals surface area contributed by atoms with Crippen molar-refractivity contribution in [3.63, 3.8) is 0 Å². The fraction of sp³-hybridized carbons (Fsp3) is 0.682. The van der Waals surface area contributed by atoms with Crippen molar-refractivity contribution in [3.05, 3.63) is 28.8 Å². The van der Waals surface area contributed by atoms with Crippen molar-refractivity contribution in [2.45, 2.75) is 78.1 Å². The molecule has 0 bridgehead atoms. The van der Waals surface area contributed by atoms with Gasteiger partial charge in [0.25, 0.3) is 0 Å². The van der Waals surface area contributed by atoms with E-state index in [2.05, 4.69) is 41.5 Å². The molecule has 1 aromatic rings. The maximum absolute atomic E-state index is 12.4. The molecular formula is C22H36O4. The second-order valence-electron chi connectivity index (χ2n) is 8.56. The molecule has 1 rings (SSSR count). The first kappa shape index (κ1) is 22.5. The Kier molecular flexibility index (Phi) is 8.14. The predicted octanol–water partition coefficient (Wildman–Crippen LogP) is 5.00. The van der Waals surface area contributed by atoms with Gasteiger partial charge in [0.2, 0.25) is 0 Å². The molecule has 0 aliphatic carbocycles. The van der Waals surface area contributed by atoms with E-state index in [4.69, 9.17) is 14.6 Å². The van der Waals surface area contributed by atoms with Gasteiger partial charge in [-0.25, -0.2) is 4.79 Å². The maximum atomic E-state index is 12.4. The van der Waals surface area contributed by atoms with Crippen molar-refractivity contribution < 1.29 is 19.4 Å². The summed E-state index contributed by atoms with van der Waals surface area (Å²) in [4.78, 5) is 12.4. The largest absolute Gasteiger partial charge is 0.496 e. The molecule has 0 fully saturated rings. The van der Waals surface area contributed by atoms with E-state index >= 15 is 0 Å². The number of hydrogen-bond donors (Lipinski definition) is 1. The van der Waals surface area contributed by atoms with E-state index in [1.807, 2.05) is 12.1 Å². The van der Waals surface area contributed by atoms with Gasteiger partial charge in [-0.1, -0.05) is 60.8 Å². The molecule has 148 valence electrons. The summed E-state index contributed by atoms with van der Waals surface area (Å²) < 4.78 is 11.0. The third kappa shape index (κ3) is 5.73. The van der Waals surface area contributed by atoms with Gasteiger partial charge >= 0.3 is 5.97 Å². The van der Waals surface area contributed by atoms with Crippen molar-refractivity contribution in [1.29, 1.82) is 0 Å². The van der Waals surface area contributed by atoms with Crippen molar-refractivity contribution in [1.82, 2.24) is 0 Å². The zero-order chi connectivity index (χ0) is 20.0. The maximum Gasteiger partial charge on any atom is 0.338 e. The van der Waals surface area contributed by atoms with Crippen LogP contribution < -0.4 is 4.74 Å². The fourth-order valence-electron chi connectivity index (χ4n) is 3.20. The fourth-order valence-corrected chi connectivity index (χ4v) is 3.20. The number of ether oxygens (including phenoxy) is 2. The Morgan fingerprint density at radius 3 is 2.19 bits per heavy atom. The standard InChI is InChI=1S/C22H36O4/c1-8-9-10-11-22(5,6)18-15-16(20(24)26-13-12-23)14-17(19(18)25-7)21(2,3)4/h14-15,23H,8-13H2,1-7H3. The number of esters is 1. The summed E-state index contributed by atoms with van der Waals surface area (Å²) in [6.07, 6.45) is 4.52. The van der Waals surface area contributed by atoms with Crippen LogP contribution >= 0.6 is 0 Å². The summed E-state index contributed by atoms with van der Waals surface area (Å²) in [5.41, 5.74) is 2.26. The topological polar surface area (TPSA) is 55.8 Å². The number of hydrogen-bond acceptors (Lipinski definition) is 4. The molecule has 0 aliphatic heterocycles. The zero-order valence-corrected chi connectivity index (χ0v) is 17.6. The van der Waals surface area contributed by atoms with Crippen LogP contribution in [0, 0.1) is 0 Å². The summed E-state index contributed by atoms with van der Waals surface area (Å²) in [5, 5.41) is 8.94. The summed E-state index contributed by atoms with van der Waals surface area (Å²) in [6.45, 7) is 12.8. The first-order valence-electron chi connectivity index (χ1n) is 9.59. The van der Waals surface area contributed by atoms with Crippen LogP contribution in [0.4, 0.5) is 0 Å². The first-order valence-corrected chi connectivity index (χ1v) is 9.59. The molecule has 0 spiro atoms. The summed E-state index contributed by atoms with van der Waals surface area (Å²) >= 11 is 0. The second-order valence-corrected chi connectivity index (χ2v) is 8.56. The molecule has 0 aliphatic rings. The van der Waals surface area contributed by atoms with E-state index in [9.17, 15) is 4.79 Å². The van der Waals surface area contributed by atoms with E-state index in [-0.39, 0.29) is 24.0 Å². The van der Waals surface area contributed by atoms with Gasteiger partial charge in [0.1, 0.15) is 12.4 Å². The molecule has 0 heterocycles. The lowest BCUT2D eigenvalue weighted by atomic mass is 9.75. The molecule has 0 aromatic heterocycles. The minimum atomic E-state index is -0.405. The zero-order valence-electron chi connectivity index (χ0n) is 17.6. The number of carbonyl (C=O) groups excluding carboxylic acids is 1. The van der Waals surface area contributed by atoms with Crippen LogP contribution in [0.5, 0.6) is 5.75 Å². The highest BCUT2D eigenvalue weighted by Gasteiger charge is 2.31. The van der Waals surface area contributed by atoms with E-state index < -0.39 is 5.97 Å². The van der Waals surface area contributed by atoms with Crippen molar-refractivity contribution in [2.75, 3.05) is 20.3 Å². The lowest BCUT2D eigenvalue weighted by Gasteiger charge is -2.32. The normalized spacial score (nSPS) is 12.2. The smallest absolute Gasteiger partial charge is 0.338 e. The van der Waals surface area contributed by atoms with Crippen LogP contribution in [0.15, 0.2) is 12.1 Å². The number of carbonyl (C=O) groups is 1. The number of rotatable bonds is 9. The van der Waals surface area contributed by atoms with Crippen LogP contribution in [0.3, 0.4) is 0 Å². The molecule has 0 saturated heterocycles. The Balaban J connectivity index is 3.47. The van der Waals surface area contributed by atoms with Gasteiger partial charge < -0.3 is 14.6 Å². The van der Waals surface area contributed by atoms with E-state index in [1.165, 1.54) is 12.8 Å². The molecule has 0 amide bonds. The molecule has 26 heavy (non-hydrogen) atoms. The molecule has 0 atom stereocenters. The van der Waals surface area contributed by atoms with Crippen molar-refractivity contribution in [2.24, 2.45) is 0 Å². The van der Waals surface area contributed by atoms with Gasteiger partial charge in [0.05, 0.1) is 19.3 Å². The number of aliphatic hydroxyl groups excluding tert-OH is 1. The molecule has 0 saturated carbocycles. The molecule has 4 nitrogen and oxygen atoms in total. The molecule has 4 heteroatoms. The number of methoxy groups -OCH3 is 1. The van der Waals surface area contributed by atoms with Gasteiger partial charge in [-0.2, -0.15) is 0 Å². The molecule has 0 unspecified atom stereocenters. The third-order valence-electron chi connectivity index (χ3n) is 4.80. The SMILES string of the molecule is CCCCCC(C)(C)c1cc(C(=O)OCCO)cc(C(C)(C)C)c1OC.